The van der Waals surface area contributed by atoms with Crippen molar-refractivity contribution in [3.8, 4) is 0 Å². The number of piperidine rings is 1. The van der Waals surface area contributed by atoms with Gasteiger partial charge in [-0.1, -0.05) is 34.7 Å². The molecule has 0 bridgehead atoms. The van der Waals surface area contributed by atoms with Crippen molar-refractivity contribution in [2.24, 2.45) is 11.1 Å². The molecule has 9 nitrogen and oxygen atoms in total. The molecule has 1 aliphatic carbocycles. The zero-order chi connectivity index (χ0) is 30.0. The van der Waals surface area contributed by atoms with Gasteiger partial charge in [0.2, 0.25) is 5.95 Å². The molecular formula is C26H24B5ClN8OS. The van der Waals surface area contributed by atoms with Gasteiger partial charge >= 0.3 is 0 Å². The number of nitrogens with zero attached hydrogens (tertiary/aromatic N) is 7. The summed E-state index contributed by atoms with van der Waals surface area (Å²) in [7, 11) is 28.9. The monoisotopic (exact) mass is 586 g/mol. The maximum Gasteiger partial charge on any atom is 0.211 e. The Morgan fingerprint density at radius 3 is 2.50 bits per heavy atom. The second kappa shape index (κ2) is 10.5. The molecule has 0 saturated carbocycles. The molecule has 2 aliphatic rings. The van der Waals surface area contributed by atoms with Gasteiger partial charge in [-0.3, -0.25) is 9.38 Å². The van der Waals surface area contributed by atoms with E-state index < -0.39 is 10.8 Å². The number of aliphatic hydroxyl groups is 1. The molecule has 1 spiro atoms. The predicted molar refractivity (Wildman–Crippen MR) is 169 cm³/mol. The van der Waals surface area contributed by atoms with Crippen LogP contribution in [0.5, 0.6) is 0 Å². The Kier molecular flexibility index (Phi) is 7.40. The molecule has 1 aliphatic heterocycles. The lowest BCUT2D eigenvalue weighted by molar-refractivity contribution is 0.186. The smallest absolute Gasteiger partial charge is 0.211 e. The number of hydrogen-bond donors (Lipinski definition) is 2. The summed E-state index contributed by atoms with van der Waals surface area (Å²) >= 11 is 8.04. The number of fused-ring (bicyclic) bond motifs is 2. The highest BCUT2D eigenvalue weighted by Gasteiger charge is 2.47. The van der Waals surface area contributed by atoms with E-state index in [1.807, 2.05) is 29.8 Å². The van der Waals surface area contributed by atoms with Crippen LogP contribution >= 0.6 is 23.4 Å². The highest BCUT2D eigenvalue weighted by Crippen LogP contribution is 2.50. The first-order valence-electron chi connectivity index (χ1n) is 13.4. The number of aryl methyl sites for hydroxylation is 1. The molecule has 0 amide bonds. The fourth-order valence-electron chi connectivity index (χ4n) is 6.11. The SMILES string of the molecule is [B]C([B])([B])N(c1nccc(Sc2c(C)nc(N3CCC4(CC3)Cc3ncccc3[C@H]4N)n3ccnc23)c1Cl)C([B])([B])O. The average molecular weight is 586 g/mol. The van der Waals surface area contributed by atoms with E-state index in [0.29, 0.717) is 10.5 Å². The van der Waals surface area contributed by atoms with Crippen LogP contribution in [-0.2, 0) is 6.42 Å². The average Bonchev–Trinajstić information content (AvgIpc) is 3.50. The van der Waals surface area contributed by atoms with Gasteiger partial charge in [0.15, 0.2) is 5.65 Å². The number of aromatic nitrogens is 5. The summed E-state index contributed by atoms with van der Waals surface area (Å²) in [6, 6.07) is 5.74. The minimum atomic E-state index is -2.54. The molecule has 202 valence electrons. The second-order valence-electron chi connectivity index (χ2n) is 11.0. The van der Waals surface area contributed by atoms with Crippen LogP contribution in [0.2, 0.25) is 5.02 Å². The van der Waals surface area contributed by atoms with Crippen LogP contribution in [0.25, 0.3) is 5.65 Å². The lowest BCUT2D eigenvalue weighted by Crippen LogP contribution is -2.64. The third kappa shape index (κ3) is 5.02. The van der Waals surface area contributed by atoms with Gasteiger partial charge in [0.05, 0.1) is 39.2 Å². The number of pyridine rings is 2. The molecule has 10 radical (unpaired) electrons. The first kappa shape index (κ1) is 29.5. The Hall–Kier alpha value is -2.60. The first-order chi connectivity index (χ1) is 19.8. The maximum absolute atomic E-state index is 10.3. The zero-order valence-corrected chi connectivity index (χ0v) is 24.6. The van der Waals surface area contributed by atoms with Crippen molar-refractivity contribution in [1.29, 1.82) is 0 Å². The Morgan fingerprint density at radius 1 is 1.10 bits per heavy atom. The number of nitrogens with two attached hydrogens (primary N) is 1. The lowest BCUT2D eigenvalue weighted by atomic mass is 9.46. The van der Waals surface area contributed by atoms with Crippen LogP contribution in [0.4, 0.5) is 11.8 Å². The Morgan fingerprint density at radius 2 is 1.83 bits per heavy atom. The molecule has 1 saturated heterocycles. The van der Waals surface area contributed by atoms with Gasteiger partial charge in [-0.2, -0.15) is 0 Å². The molecule has 6 rings (SSSR count). The molecule has 4 aromatic rings. The zero-order valence-electron chi connectivity index (χ0n) is 23.0. The van der Waals surface area contributed by atoms with Crippen molar-refractivity contribution in [3.05, 3.63) is 65.0 Å². The summed E-state index contributed by atoms with van der Waals surface area (Å²) in [6.45, 7) is 3.54. The molecule has 4 aromatic heterocycles. The van der Waals surface area contributed by atoms with E-state index in [2.05, 4.69) is 25.9 Å². The van der Waals surface area contributed by atoms with E-state index in [1.54, 1.807) is 12.3 Å². The third-order valence-electron chi connectivity index (χ3n) is 8.14. The largest absolute Gasteiger partial charge is 0.390 e. The normalized spacial score (nSPS) is 18.5. The van der Waals surface area contributed by atoms with E-state index in [4.69, 9.17) is 61.5 Å². The molecule has 16 heteroatoms. The lowest BCUT2D eigenvalue weighted by Gasteiger charge is -2.48. The van der Waals surface area contributed by atoms with E-state index in [1.165, 1.54) is 18.0 Å². The van der Waals surface area contributed by atoms with Crippen LogP contribution in [0, 0.1) is 12.3 Å². The minimum absolute atomic E-state index is 0.00313. The number of hydrogen-bond acceptors (Lipinski definition) is 9. The highest BCUT2D eigenvalue weighted by molar-refractivity contribution is 7.99. The quantitative estimate of drug-likeness (QED) is 0.256. The Bertz CT molecular complexity index is 1640. The van der Waals surface area contributed by atoms with Crippen molar-refractivity contribution >= 4 is 80.0 Å². The number of anilines is 2. The van der Waals surface area contributed by atoms with Crippen molar-refractivity contribution < 1.29 is 5.11 Å². The summed E-state index contributed by atoms with van der Waals surface area (Å²) in [5, 5.41) is 8.23. The Labute approximate surface area is 260 Å². The van der Waals surface area contributed by atoms with Gasteiger partial charge in [-0.15, -0.1) is 0 Å². The van der Waals surface area contributed by atoms with E-state index >= 15 is 0 Å². The van der Waals surface area contributed by atoms with Gasteiger partial charge in [0.25, 0.3) is 0 Å². The molecule has 5 heterocycles. The number of imidazole rings is 1. The van der Waals surface area contributed by atoms with Gasteiger partial charge in [-0.25, -0.2) is 15.0 Å². The standard InChI is InChI=1S/C26H24B5ClN8OS/c1-14-19(42-17-4-8-35-21(18(17)32)40(25(27,28)29)26(30,31)41)22-36-9-12-39(22)23(37-14)38-10-5-24(6-11-38)13-16-15(20(24)33)3-2-7-34-16/h2-4,7-9,12,20,41H,5-6,10-11,13,33H2,1H3/t20-/m1/s1. The van der Waals surface area contributed by atoms with E-state index in [-0.39, 0.29) is 22.3 Å². The van der Waals surface area contributed by atoms with E-state index in [9.17, 15) is 5.11 Å². The highest BCUT2D eigenvalue weighted by atomic mass is 35.5. The second-order valence-corrected chi connectivity index (χ2v) is 12.5. The molecule has 1 fully saturated rings. The molecule has 3 N–H and O–H groups in total. The summed E-state index contributed by atoms with van der Waals surface area (Å²) in [5.41, 5.74) is 7.97. The van der Waals surface area contributed by atoms with Crippen LogP contribution in [0.1, 0.15) is 35.8 Å². The molecular weight excluding hydrogens is 562 g/mol. The van der Waals surface area contributed by atoms with Crippen LogP contribution in [0.15, 0.2) is 52.8 Å². The van der Waals surface area contributed by atoms with Gasteiger partial charge in [0.1, 0.15) is 21.5 Å². The summed E-state index contributed by atoms with van der Waals surface area (Å²) in [6.07, 6.45) is 9.70. The number of rotatable bonds is 6. The molecule has 0 unspecified atom stereocenters. The van der Waals surface area contributed by atoms with Gasteiger partial charge in [-0.05, 0) is 49.3 Å². The van der Waals surface area contributed by atoms with Crippen LogP contribution in [-0.4, -0.2) is 92.5 Å². The van der Waals surface area contributed by atoms with Crippen molar-refractivity contribution in [2.75, 3.05) is 22.9 Å². The van der Waals surface area contributed by atoms with Crippen LogP contribution in [0.3, 0.4) is 0 Å². The number of halogens is 1. The van der Waals surface area contributed by atoms with Crippen LogP contribution < -0.4 is 15.5 Å². The van der Waals surface area contributed by atoms with Gasteiger partial charge in [0, 0.05) is 60.0 Å². The summed E-state index contributed by atoms with van der Waals surface area (Å²) in [5.74, 6) is 0.720. The minimum Gasteiger partial charge on any atom is -0.390 e. The predicted octanol–water partition coefficient (Wildman–Crippen LogP) is 1.34. The fraction of sp³-hybridized carbons (Fsp3) is 0.385. The van der Waals surface area contributed by atoms with Crippen molar-refractivity contribution in [2.45, 2.75) is 52.8 Å². The fourth-order valence-corrected chi connectivity index (χ4v) is 7.39. The van der Waals surface area contributed by atoms with Gasteiger partial charge < -0.3 is 20.6 Å². The third-order valence-corrected chi connectivity index (χ3v) is 9.87. The van der Waals surface area contributed by atoms with E-state index in [0.717, 1.165) is 65.0 Å². The van der Waals surface area contributed by atoms with Crippen molar-refractivity contribution in [1.82, 2.24) is 24.3 Å². The van der Waals surface area contributed by atoms with Crippen molar-refractivity contribution in [3.63, 3.8) is 0 Å². The first-order valence-corrected chi connectivity index (χ1v) is 14.6. The molecule has 42 heavy (non-hydrogen) atoms. The topological polar surface area (TPSA) is 109 Å². The molecule has 1 atom stereocenters. The summed E-state index contributed by atoms with van der Waals surface area (Å²) in [4.78, 5) is 22.8. The maximum atomic E-state index is 10.3. The Balaban J connectivity index is 1.29. The summed E-state index contributed by atoms with van der Waals surface area (Å²) < 4.78 is 1.98. The molecule has 0 aromatic carbocycles.